The zero-order valence-corrected chi connectivity index (χ0v) is 20.3. The molecule has 0 bridgehead atoms. The summed E-state index contributed by atoms with van der Waals surface area (Å²) in [6.45, 7) is 8.00. The zero-order chi connectivity index (χ0) is 22.3. The lowest BCUT2D eigenvalue weighted by Gasteiger charge is -2.30. The van der Waals surface area contributed by atoms with Crippen molar-refractivity contribution < 1.29 is 9.53 Å². The Hall–Kier alpha value is -1.99. The molecule has 32 heavy (non-hydrogen) atoms. The summed E-state index contributed by atoms with van der Waals surface area (Å²) in [4.78, 5) is 25.0. The average molecular weight is 457 g/mol. The van der Waals surface area contributed by atoms with Crippen molar-refractivity contribution in [3.63, 3.8) is 0 Å². The standard InChI is InChI=1S/C25H36N4O2S/c1-3-31-25-9-6-20-11-14-29(15-12-23(20)28-25)13-10-19-4-7-21(8-5-19)27-24(30)16-22-17-26-18(2)32-22/h6,9,17,19,21H,3-5,7-8,10-16H2,1-2H3,(H,27,30)/t19-,21-. The molecule has 1 N–H and O–H groups in total. The molecule has 2 aliphatic rings. The number of pyridine rings is 1. The number of carbonyl (C=O) groups is 1. The van der Waals surface area contributed by atoms with Crippen LogP contribution < -0.4 is 10.1 Å². The first-order valence-corrected chi connectivity index (χ1v) is 12.9. The Bertz CT molecular complexity index is 892. The topological polar surface area (TPSA) is 67.3 Å². The van der Waals surface area contributed by atoms with Crippen LogP contribution in [-0.4, -0.2) is 53.1 Å². The van der Waals surface area contributed by atoms with E-state index in [0.29, 0.717) is 19.1 Å². The van der Waals surface area contributed by atoms with Gasteiger partial charge in [0.1, 0.15) is 0 Å². The second kappa shape index (κ2) is 11.2. The van der Waals surface area contributed by atoms with Crippen LogP contribution in [0, 0.1) is 12.8 Å². The molecule has 0 unspecified atom stereocenters. The van der Waals surface area contributed by atoms with Crippen molar-refractivity contribution >= 4 is 17.2 Å². The maximum atomic E-state index is 12.3. The number of thiazole rings is 1. The van der Waals surface area contributed by atoms with Crippen molar-refractivity contribution in [1.29, 1.82) is 0 Å². The van der Waals surface area contributed by atoms with Gasteiger partial charge in [-0.2, -0.15) is 0 Å². The van der Waals surface area contributed by atoms with Crippen molar-refractivity contribution in [1.82, 2.24) is 20.2 Å². The molecule has 0 atom stereocenters. The smallest absolute Gasteiger partial charge is 0.225 e. The molecule has 2 aromatic heterocycles. The highest BCUT2D eigenvalue weighted by Crippen LogP contribution is 2.28. The third-order valence-electron chi connectivity index (χ3n) is 6.77. The fourth-order valence-electron chi connectivity index (χ4n) is 4.95. The number of amides is 1. The fraction of sp³-hybridized carbons (Fsp3) is 0.640. The van der Waals surface area contributed by atoms with Gasteiger partial charge in [0.2, 0.25) is 11.8 Å². The third-order valence-corrected chi connectivity index (χ3v) is 7.68. The molecule has 6 nitrogen and oxygen atoms in total. The first kappa shape index (κ1) is 23.2. The predicted octanol–water partition coefficient (Wildman–Crippen LogP) is 3.95. The Morgan fingerprint density at radius 3 is 2.78 bits per heavy atom. The Kier molecular flexibility index (Phi) is 8.14. The second-order valence-electron chi connectivity index (χ2n) is 9.13. The number of hydrogen-bond acceptors (Lipinski definition) is 6. The van der Waals surface area contributed by atoms with Crippen LogP contribution in [0.25, 0.3) is 0 Å². The SMILES string of the molecule is CCOc1ccc2c(n1)CCN(CC[C@H]1CC[C@H](NC(=O)Cc3cnc(C)s3)CC1)CC2. The summed E-state index contributed by atoms with van der Waals surface area (Å²) in [7, 11) is 0. The van der Waals surface area contributed by atoms with Gasteiger partial charge < -0.3 is 15.0 Å². The van der Waals surface area contributed by atoms with Gasteiger partial charge in [-0.25, -0.2) is 9.97 Å². The molecule has 1 saturated carbocycles. The number of aryl methyl sites for hydroxylation is 1. The van der Waals surface area contributed by atoms with Crippen LogP contribution in [0.3, 0.4) is 0 Å². The van der Waals surface area contributed by atoms with Gasteiger partial charge in [0.15, 0.2) is 0 Å². The fourth-order valence-corrected chi connectivity index (χ4v) is 5.74. The van der Waals surface area contributed by atoms with Crippen LogP contribution in [-0.2, 0) is 24.1 Å². The van der Waals surface area contributed by atoms with E-state index < -0.39 is 0 Å². The van der Waals surface area contributed by atoms with E-state index in [4.69, 9.17) is 9.72 Å². The number of carbonyl (C=O) groups excluding carboxylic acids is 1. The van der Waals surface area contributed by atoms with Crippen LogP contribution in [0.1, 0.15) is 60.2 Å². The summed E-state index contributed by atoms with van der Waals surface area (Å²) in [5, 5.41) is 4.27. The van der Waals surface area contributed by atoms with Gasteiger partial charge in [-0.05, 0) is 70.4 Å². The molecule has 0 aromatic carbocycles. The van der Waals surface area contributed by atoms with Gasteiger partial charge >= 0.3 is 0 Å². The Morgan fingerprint density at radius 2 is 2.03 bits per heavy atom. The van der Waals surface area contributed by atoms with E-state index >= 15 is 0 Å². The number of fused-ring (bicyclic) bond motifs is 1. The molecule has 2 aromatic rings. The molecule has 174 valence electrons. The quantitative estimate of drug-likeness (QED) is 0.651. The number of nitrogens with zero attached hydrogens (tertiary/aromatic N) is 3. The van der Waals surface area contributed by atoms with E-state index in [2.05, 4.69) is 21.3 Å². The van der Waals surface area contributed by atoms with Crippen molar-refractivity contribution in [2.45, 2.75) is 71.3 Å². The van der Waals surface area contributed by atoms with Crippen LogP contribution in [0.2, 0.25) is 0 Å². The van der Waals surface area contributed by atoms with Gasteiger partial charge in [0, 0.05) is 48.4 Å². The van der Waals surface area contributed by atoms with E-state index in [-0.39, 0.29) is 5.91 Å². The zero-order valence-electron chi connectivity index (χ0n) is 19.4. The van der Waals surface area contributed by atoms with E-state index in [1.165, 1.54) is 37.1 Å². The number of nitrogens with one attached hydrogen (secondary N) is 1. The van der Waals surface area contributed by atoms with Crippen molar-refractivity contribution in [3.8, 4) is 5.88 Å². The lowest BCUT2D eigenvalue weighted by Crippen LogP contribution is -2.38. The van der Waals surface area contributed by atoms with E-state index in [0.717, 1.165) is 60.5 Å². The molecule has 1 fully saturated rings. The van der Waals surface area contributed by atoms with E-state index in [1.807, 2.05) is 26.1 Å². The minimum absolute atomic E-state index is 0.141. The highest BCUT2D eigenvalue weighted by atomic mass is 32.1. The molecular weight excluding hydrogens is 420 g/mol. The van der Waals surface area contributed by atoms with Crippen molar-refractivity contribution in [2.75, 3.05) is 26.2 Å². The highest BCUT2D eigenvalue weighted by molar-refractivity contribution is 7.11. The Morgan fingerprint density at radius 1 is 1.22 bits per heavy atom. The lowest BCUT2D eigenvalue weighted by molar-refractivity contribution is -0.121. The summed E-state index contributed by atoms with van der Waals surface area (Å²) >= 11 is 1.61. The van der Waals surface area contributed by atoms with Gasteiger partial charge in [-0.1, -0.05) is 6.07 Å². The van der Waals surface area contributed by atoms with E-state index in [1.54, 1.807) is 11.3 Å². The number of hydrogen-bond donors (Lipinski definition) is 1. The molecule has 3 heterocycles. The van der Waals surface area contributed by atoms with Crippen LogP contribution in [0.4, 0.5) is 0 Å². The third kappa shape index (κ3) is 6.51. The minimum atomic E-state index is 0.141. The van der Waals surface area contributed by atoms with Gasteiger partial charge in [0.05, 0.1) is 18.0 Å². The molecule has 0 spiro atoms. The normalized spacial score (nSPS) is 21.6. The summed E-state index contributed by atoms with van der Waals surface area (Å²) in [6, 6.07) is 4.54. The van der Waals surface area contributed by atoms with Crippen molar-refractivity contribution in [2.24, 2.45) is 5.92 Å². The summed E-state index contributed by atoms with van der Waals surface area (Å²) in [6.07, 6.45) is 10.3. The Balaban J connectivity index is 1.15. The highest BCUT2D eigenvalue weighted by Gasteiger charge is 2.24. The summed E-state index contributed by atoms with van der Waals surface area (Å²) in [5.74, 6) is 1.67. The second-order valence-corrected chi connectivity index (χ2v) is 10.4. The van der Waals surface area contributed by atoms with E-state index in [9.17, 15) is 4.79 Å². The van der Waals surface area contributed by atoms with Gasteiger partial charge in [0.25, 0.3) is 0 Å². The monoisotopic (exact) mass is 456 g/mol. The molecule has 0 radical (unpaired) electrons. The van der Waals surface area contributed by atoms with Crippen molar-refractivity contribution in [3.05, 3.63) is 39.5 Å². The summed E-state index contributed by atoms with van der Waals surface area (Å²) < 4.78 is 5.58. The maximum absolute atomic E-state index is 12.3. The largest absolute Gasteiger partial charge is 0.478 e. The average Bonchev–Trinajstić information content (AvgIpc) is 3.08. The lowest BCUT2D eigenvalue weighted by atomic mass is 9.84. The molecular formula is C25H36N4O2S. The molecule has 1 aliphatic carbocycles. The first-order valence-electron chi connectivity index (χ1n) is 12.1. The van der Waals surface area contributed by atoms with Crippen LogP contribution >= 0.6 is 11.3 Å². The van der Waals surface area contributed by atoms with Gasteiger partial charge in [-0.3, -0.25) is 4.79 Å². The number of rotatable bonds is 8. The Labute approximate surface area is 195 Å². The first-order chi connectivity index (χ1) is 15.6. The van der Waals surface area contributed by atoms with Gasteiger partial charge in [-0.15, -0.1) is 11.3 Å². The minimum Gasteiger partial charge on any atom is -0.478 e. The maximum Gasteiger partial charge on any atom is 0.225 e. The number of aromatic nitrogens is 2. The van der Waals surface area contributed by atoms with Crippen LogP contribution in [0.5, 0.6) is 5.88 Å². The molecule has 0 saturated heterocycles. The molecule has 1 amide bonds. The molecule has 4 rings (SSSR count). The molecule has 7 heteroatoms. The summed E-state index contributed by atoms with van der Waals surface area (Å²) in [5.41, 5.74) is 2.59. The number of ether oxygens (including phenoxy) is 1. The molecule has 1 aliphatic heterocycles. The van der Waals surface area contributed by atoms with Crippen LogP contribution in [0.15, 0.2) is 18.3 Å². The predicted molar refractivity (Wildman–Crippen MR) is 128 cm³/mol.